The summed E-state index contributed by atoms with van der Waals surface area (Å²) >= 11 is 0. The Kier molecular flexibility index (Phi) is 5.31. The quantitative estimate of drug-likeness (QED) is 0.758. The predicted octanol–water partition coefficient (Wildman–Crippen LogP) is 4.94. The van der Waals surface area contributed by atoms with Crippen LogP contribution in [-0.4, -0.2) is 29.1 Å². The van der Waals surface area contributed by atoms with Crippen molar-refractivity contribution in [2.45, 2.75) is 44.6 Å². The number of hydrogen-bond donors (Lipinski definition) is 1. The van der Waals surface area contributed by atoms with E-state index in [4.69, 9.17) is 0 Å². The van der Waals surface area contributed by atoms with Crippen LogP contribution >= 0.6 is 0 Å². The molecule has 0 spiro atoms. The van der Waals surface area contributed by atoms with Gasteiger partial charge in [-0.2, -0.15) is 0 Å². The van der Waals surface area contributed by atoms with Crippen molar-refractivity contribution in [3.63, 3.8) is 0 Å². The second-order valence-electron chi connectivity index (χ2n) is 8.40. The molecule has 2 aromatic carbocycles. The van der Waals surface area contributed by atoms with Crippen molar-refractivity contribution in [2.75, 3.05) is 13.1 Å². The zero-order chi connectivity index (χ0) is 18.7. The first-order valence-electron chi connectivity index (χ1n) is 10.2. The van der Waals surface area contributed by atoms with Crippen LogP contribution in [0.2, 0.25) is 0 Å². The molecule has 142 valence electrons. The van der Waals surface area contributed by atoms with Gasteiger partial charge in [-0.1, -0.05) is 60.7 Å². The minimum atomic E-state index is -0.584. The van der Waals surface area contributed by atoms with Crippen LogP contribution in [0.1, 0.15) is 49.1 Å². The van der Waals surface area contributed by atoms with Crippen molar-refractivity contribution >= 4 is 5.97 Å². The number of piperidine rings is 1. The summed E-state index contributed by atoms with van der Waals surface area (Å²) in [5.41, 5.74) is 2.21. The Morgan fingerprint density at radius 2 is 1.63 bits per heavy atom. The zero-order valence-corrected chi connectivity index (χ0v) is 15.9. The SMILES string of the molecule is O=C(O)C1(CC[C@H]2C[C@@H]2c2ccccc2)CCN(Cc2ccccc2)CC1. The number of rotatable bonds is 7. The molecule has 1 aliphatic heterocycles. The van der Waals surface area contributed by atoms with Crippen molar-refractivity contribution < 1.29 is 9.90 Å². The van der Waals surface area contributed by atoms with Gasteiger partial charge in [0.2, 0.25) is 0 Å². The van der Waals surface area contributed by atoms with E-state index in [0.29, 0.717) is 11.8 Å². The van der Waals surface area contributed by atoms with Gasteiger partial charge in [-0.3, -0.25) is 9.69 Å². The summed E-state index contributed by atoms with van der Waals surface area (Å²) in [6.45, 7) is 2.69. The monoisotopic (exact) mass is 363 g/mol. The molecule has 2 fully saturated rings. The molecule has 0 aromatic heterocycles. The molecule has 2 atom stereocenters. The van der Waals surface area contributed by atoms with Gasteiger partial charge in [0.1, 0.15) is 0 Å². The lowest BCUT2D eigenvalue weighted by Crippen LogP contribution is -2.44. The van der Waals surface area contributed by atoms with E-state index in [1.807, 2.05) is 6.07 Å². The van der Waals surface area contributed by atoms with E-state index in [1.54, 1.807) is 0 Å². The Labute approximate surface area is 162 Å². The van der Waals surface area contributed by atoms with Crippen LogP contribution < -0.4 is 0 Å². The highest BCUT2D eigenvalue weighted by Crippen LogP contribution is 2.52. The summed E-state index contributed by atoms with van der Waals surface area (Å²) in [5, 5.41) is 9.96. The number of nitrogens with zero attached hydrogens (tertiary/aromatic N) is 1. The molecule has 1 heterocycles. The Bertz CT molecular complexity index is 750. The maximum absolute atomic E-state index is 12.1. The fourth-order valence-electron chi connectivity index (χ4n) is 4.69. The highest BCUT2D eigenvalue weighted by Gasteiger charge is 2.45. The van der Waals surface area contributed by atoms with E-state index in [1.165, 1.54) is 17.5 Å². The summed E-state index contributed by atoms with van der Waals surface area (Å²) in [7, 11) is 0. The van der Waals surface area contributed by atoms with Gasteiger partial charge in [0, 0.05) is 6.54 Å². The first-order chi connectivity index (χ1) is 13.2. The zero-order valence-electron chi connectivity index (χ0n) is 15.9. The summed E-state index contributed by atoms with van der Waals surface area (Å²) < 4.78 is 0. The van der Waals surface area contributed by atoms with Crippen molar-refractivity contribution in [3.8, 4) is 0 Å². The Morgan fingerprint density at radius 3 is 2.26 bits per heavy atom. The highest BCUT2D eigenvalue weighted by atomic mass is 16.4. The molecule has 1 saturated carbocycles. The number of hydrogen-bond acceptors (Lipinski definition) is 2. The topological polar surface area (TPSA) is 40.5 Å². The first kappa shape index (κ1) is 18.2. The van der Waals surface area contributed by atoms with Crippen LogP contribution in [0, 0.1) is 11.3 Å². The van der Waals surface area contributed by atoms with Crippen LogP contribution in [0.5, 0.6) is 0 Å². The molecule has 0 radical (unpaired) electrons. The van der Waals surface area contributed by atoms with Gasteiger partial charge < -0.3 is 5.11 Å². The summed E-state index contributed by atoms with van der Waals surface area (Å²) in [6.07, 6.45) is 4.65. The van der Waals surface area contributed by atoms with Crippen molar-refractivity contribution in [3.05, 3.63) is 71.8 Å². The van der Waals surface area contributed by atoms with Crippen molar-refractivity contribution in [1.29, 1.82) is 0 Å². The molecule has 1 saturated heterocycles. The van der Waals surface area contributed by atoms with E-state index in [2.05, 4.69) is 59.5 Å². The average Bonchev–Trinajstić information content (AvgIpc) is 3.49. The minimum absolute atomic E-state index is 0.517. The number of likely N-dealkylation sites (tertiary alicyclic amines) is 1. The third kappa shape index (κ3) is 4.24. The molecule has 0 amide bonds. The minimum Gasteiger partial charge on any atom is -0.481 e. The Hall–Kier alpha value is -2.13. The van der Waals surface area contributed by atoms with Crippen LogP contribution in [0.4, 0.5) is 0 Å². The average molecular weight is 364 g/mol. The normalized spacial score (nSPS) is 24.4. The van der Waals surface area contributed by atoms with Crippen LogP contribution in [0.25, 0.3) is 0 Å². The van der Waals surface area contributed by atoms with Crippen molar-refractivity contribution in [1.82, 2.24) is 4.90 Å². The summed E-state index contributed by atoms with van der Waals surface area (Å²) in [6, 6.07) is 21.2. The third-order valence-corrected chi connectivity index (χ3v) is 6.66. The summed E-state index contributed by atoms with van der Waals surface area (Å²) in [5.74, 6) is 0.736. The lowest BCUT2D eigenvalue weighted by molar-refractivity contribution is -0.153. The molecule has 3 heteroatoms. The Morgan fingerprint density at radius 1 is 1.00 bits per heavy atom. The second kappa shape index (κ2) is 7.85. The number of carbonyl (C=O) groups is 1. The molecule has 27 heavy (non-hydrogen) atoms. The van der Waals surface area contributed by atoms with Crippen molar-refractivity contribution in [2.24, 2.45) is 11.3 Å². The Balaban J connectivity index is 1.30. The van der Waals surface area contributed by atoms with Gasteiger partial charge in [-0.15, -0.1) is 0 Å². The van der Waals surface area contributed by atoms with Gasteiger partial charge in [-0.05, 0) is 68.2 Å². The standard InChI is InChI=1S/C24H29NO2/c26-23(27)24(12-11-21-17-22(21)20-9-5-2-6-10-20)13-15-25(16-14-24)18-19-7-3-1-4-8-19/h1-10,21-22H,11-18H2,(H,26,27)/t21-,22+/m0/s1. The van der Waals surface area contributed by atoms with E-state index in [0.717, 1.165) is 45.3 Å². The first-order valence-corrected chi connectivity index (χ1v) is 10.2. The molecule has 3 nitrogen and oxygen atoms in total. The number of aliphatic carboxylic acids is 1. The number of carboxylic acids is 1. The molecular weight excluding hydrogens is 334 g/mol. The summed E-state index contributed by atoms with van der Waals surface area (Å²) in [4.78, 5) is 14.5. The van der Waals surface area contributed by atoms with E-state index < -0.39 is 11.4 Å². The van der Waals surface area contributed by atoms with Crippen LogP contribution in [-0.2, 0) is 11.3 Å². The molecule has 4 rings (SSSR count). The number of benzene rings is 2. The molecule has 0 unspecified atom stereocenters. The van der Waals surface area contributed by atoms with Gasteiger partial charge >= 0.3 is 5.97 Å². The molecule has 1 aliphatic carbocycles. The van der Waals surface area contributed by atoms with Crippen LogP contribution in [0.3, 0.4) is 0 Å². The van der Waals surface area contributed by atoms with Gasteiger partial charge in [0.25, 0.3) is 0 Å². The molecule has 1 N–H and O–H groups in total. The van der Waals surface area contributed by atoms with Crippen LogP contribution in [0.15, 0.2) is 60.7 Å². The lowest BCUT2D eigenvalue weighted by atomic mass is 9.74. The maximum atomic E-state index is 12.1. The molecular formula is C24H29NO2. The van der Waals surface area contributed by atoms with E-state index in [9.17, 15) is 9.90 Å². The van der Waals surface area contributed by atoms with Gasteiger partial charge in [0.05, 0.1) is 5.41 Å². The predicted molar refractivity (Wildman–Crippen MR) is 108 cm³/mol. The van der Waals surface area contributed by atoms with E-state index in [-0.39, 0.29) is 0 Å². The van der Waals surface area contributed by atoms with Gasteiger partial charge in [0.15, 0.2) is 0 Å². The fraction of sp³-hybridized carbons (Fsp3) is 0.458. The highest BCUT2D eigenvalue weighted by molar-refractivity contribution is 5.74. The largest absolute Gasteiger partial charge is 0.481 e. The molecule has 2 aliphatic rings. The molecule has 2 aromatic rings. The lowest BCUT2D eigenvalue weighted by Gasteiger charge is -2.39. The van der Waals surface area contributed by atoms with E-state index >= 15 is 0 Å². The number of carboxylic acid groups (broad SMARTS) is 1. The molecule has 0 bridgehead atoms. The third-order valence-electron chi connectivity index (χ3n) is 6.66. The maximum Gasteiger partial charge on any atom is 0.309 e. The smallest absolute Gasteiger partial charge is 0.309 e. The van der Waals surface area contributed by atoms with Gasteiger partial charge in [-0.25, -0.2) is 0 Å². The fourth-order valence-corrected chi connectivity index (χ4v) is 4.69. The second-order valence-corrected chi connectivity index (χ2v) is 8.40.